The predicted octanol–water partition coefficient (Wildman–Crippen LogP) is 5.65. The van der Waals surface area contributed by atoms with Gasteiger partial charge in [-0.05, 0) is 93.0 Å². The van der Waals surface area contributed by atoms with Gasteiger partial charge in [-0.2, -0.15) is 0 Å². The molecule has 10 atom stereocenters. The lowest BCUT2D eigenvalue weighted by Crippen LogP contribution is -2.54. The van der Waals surface area contributed by atoms with Gasteiger partial charge in [0.1, 0.15) is 0 Å². The van der Waals surface area contributed by atoms with Crippen LogP contribution in [0.1, 0.15) is 92.4 Å². The van der Waals surface area contributed by atoms with Crippen LogP contribution in [-0.2, 0) is 9.53 Å². The molecular weight excluding hydrogens is 422 g/mol. The Kier molecular flexibility index (Phi) is 5.43. The number of nitrogens with zero attached hydrogens (tertiary/aromatic N) is 1. The van der Waals surface area contributed by atoms with Gasteiger partial charge in [-0.25, -0.2) is 0 Å². The van der Waals surface area contributed by atoms with Crippen molar-refractivity contribution >= 4 is 5.91 Å². The molecule has 1 spiro atoms. The first-order valence-corrected chi connectivity index (χ1v) is 14.2. The van der Waals surface area contributed by atoms with Gasteiger partial charge in [-0.1, -0.05) is 44.9 Å². The topological polar surface area (TPSA) is 49.8 Å². The van der Waals surface area contributed by atoms with E-state index in [1.54, 1.807) is 11.1 Å². The van der Waals surface area contributed by atoms with Crippen LogP contribution in [0.25, 0.3) is 0 Å². The van der Waals surface area contributed by atoms with Gasteiger partial charge in [0.25, 0.3) is 0 Å². The van der Waals surface area contributed by atoms with Crippen molar-refractivity contribution in [3.63, 3.8) is 0 Å². The van der Waals surface area contributed by atoms with E-state index in [0.29, 0.717) is 36.0 Å². The van der Waals surface area contributed by atoms with E-state index >= 15 is 0 Å². The summed E-state index contributed by atoms with van der Waals surface area (Å²) in [4.78, 5) is 15.1. The number of ether oxygens (including phenoxy) is 1. The van der Waals surface area contributed by atoms with Crippen LogP contribution in [0.15, 0.2) is 22.8 Å². The SMILES string of the molecule is CCC(=O)N1C[C@@H](C)C[C@H]2OC3(CC[C@@H]4C(=C3C)C[C@H]3[C@H]4CC=C4C[C@@H](O)CC[C@@]43C)[C@H](C)[C@@H]21. The first-order chi connectivity index (χ1) is 16.2. The molecule has 188 valence electrons. The van der Waals surface area contributed by atoms with Crippen molar-refractivity contribution in [3.05, 3.63) is 22.8 Å². The summed E-state index contributed by atoms with van der Waals surface area (Å²) in [6.07, 6.45) is 11.9. The number of fused-ring (bicyclic) bond motifs is 6. The molecule has 2 aliphatic heterocycles. The predicted molar refractivity (Wildman–Crippen MR) is 134 cm³/mol. The maximum absolute atomic E-state index is 12.9. The van der Waals surface area contributed by atoms with Crippen LogP contribution in [0, 0.1) is 35.0 Å². The second-order valence-corrected chi connectivity index (χ2v) is 13.1. The van der Waals surface area contributed by atoms with Gasteiger partial charge >= 0.3 is 0 Å². The summed E-state index contributed by atoms with van der Waals surface area (Å²) in [7, 11) is 0. The van der Waals surface area contributed by atoms with Gasteiger partial charge in [0.2, 0.25) is 5.91 Å². The largest absolute Gasteiger partial charge is 0.393 e. The maximum Gasteiger partial charge on any atom is 0.222 e. The molecule has 0 aromatic heterocycles. The molecule has 2 saturated carbocycles. The number of rotatable bonds is 1. The zero-order valence-electron chi connectivity index (χ0n) is 22.0. The molecule has 0 aromatic rings. The van der Waals surface area contributed by atoms with E-state index in [1.165, 1.54) is 24.8 Å². The molecule has 2 heterocycles. The molecule has 0 bridgehead atoms. The standard InChI is InChI=1S/C30H45NO3/c1-6-27(33)31-16-17(2)13-26-28(31)19(4)30(34-26)12-10-22-23-8-7-20-14-21(32)9-11-29(20,5)25(23)15-24(22)18(30)3/h7,17,19,21-23,25-26,28,32H,6,8-16H2,1-5H3/t17-,19+,21-,22-,23-,25-,26+,28-,29-,30?/m0/s1. The Morgan fingerprint density at radius 1 is 1.24 bits per heavy atom. The Bertz CT molecular complexity index is 937. The number of hydrogen-bond donors (Lipinski definition) is 1. The fourth-order valence-electron chi connectivity index (χ4n) is 9.81. The van der Waals surface area contributed by atoms with Crippen LogP contribution in [0.5, 0.6) is 0 Å². The van der Waals surface area contributed by atoms with Crippen molar-refractivity contribution in [2.75, 3.05) is 6.54 Å². The van der Waals surface area contributed by atoms with Crippen LogP contribution in [0.3, 0.4) is 0 Å². The minimum absolute atomic E-state index is 0.143. The molecule has 0 aromatic carbocycles. The highest BCUT2D eigenvalue weighted by Crippen LogP contribution is 2.65. The van der Waals surface area contributed by atoms with Crippen LogP contribution in [0.2, 0.25) is 0 Å². The lowest BCUT2D eigenvalue weighted by Gasteiger charge is -2.49. The van der Waals surface area contributed by atoms with Gasteiger partial charge in [-0.3, -0.25) is 4.79 Å². The second kappa shape index (κ2) is 7.93. The Morgan fingerprint density at radius 3 is 2.79 bits per heavy atom. The van der Waals surface area contributed by atoms with Crippen molar-refractivity contribution in [1.82, 2.24) is 4.90 Å². The Morgan fingerprint density at radius 2 is 2.03 bits per heavy atom. The third kappa shape index (κ3) is 3.06. The second-order valence-electron chi connectivity index (χ2n) is 13.1. The summed E-state index contributed by atoms with van der Waals surface area (Å²) in [6.45, 7) is 12.4. The van der Waals surface area contributed by atoms with E-state index in [4.69, 9.17) is 4.74 Å². The smallest absolute Gasteiger partial charge is 0.222 e. The molecule has 4 fully saturated rings. The molecule has 1 unspecified atom stereocenters. The number of piperidine rings is 1. The van der Waals surface area contributed by atoms with Crippen molar-refractivity contribution in [3.8, 4) is 0 Å². The third-order valence-electron chi connectivity index (χ3n) is 11.6. The van der Waals surface area contributed by atoms with Gasteiger partial charge in [-0.15, -0.1) is 0 Å². The number of amides is 1. The van der Waals surface area contributed by atoms with Crippen molar-refractivity contribution in [2.45, 2.75) is 116 Å². The zero-order chi connectivity index (χ0) is 24.0. The normalized spacial score (nSPS) is 49.9. The fourth-order valence-corrected chi connectivity index (χ4v) is 9.81. The Hall–Kier alpha value is -1.13. The lowest BCUT2D eigenvalue weighted by molar-refractivity contribution is -0.139. The number of carbonyl (C=O) groups is 1. The summed E-state index contributed by atoms with van der Waals surface area (Å²) in [6, 6.07) is 0.227. The van der Waals surface area contributed by atoms with E-state index in [1.807, 2.05) is 6.92 Å². The molecular formula is C30H45NO3. The Labute approximate surface area is 206 Å². The van der Waals surface area contributed by atoms with Crippen LogP contribution in [0.4, 0.5) is 0 Å². The van der Waals surface area contributed by atoms with Gasteiger partial charge in [0.05, 0.1) is 23.9 Å². The minimum Gasteiger partial charge on any atom is -0.393 e. The number of allylic oxidation sites excluding steroid dienone is 2. The van der Waals surface area contributed by atoms with Crippen molar-refractivity contribution < 1.29 is 14.6 Å². The van der Waals surface area contributed by atoms with E-state index < -0.39 is 0 Å². The van der Waals surface area contributed by atoms with Gasteiger partial charge in [0.15, 0.2) is 0 Å². The van der Waals surface area contributed by atoms with Crippen LogP contribution < -0.4 is 0 Å². The molecule has 4 heteroatoms. The molecule has 1 amide bonds. The van der Waals surface area contributed by atoms with Gasteiger partial charge < -0.3 is 14.7 Å². The van der Waals surface area contributed by atoms with Crippen LogP contribution >= 0.6 is 0 Å². The lowest BCUT2D eigenvalue weighted by atomic mass is 9.56. The highest BCUT2D eigenvalue weighted by atomic mass is 16.5. The summed E-state index contributed by atoms with van der Waals surface area (Å²) in [5.41, 5.74) is 4.84. The fraction of sp³-hybridized carbons (Fsp3) is 0.833. The maximum atomic E-state index is 12.9. The first-order valence-electron chi connectivity index (χ1n) is 14.2. The molecule has 1 N–H and O–H groups in total. The summed E-state index contributed by atoms with van der Waals surface area (Å²) in [5, 5.41) is 10.3. The molecule has 4 aliphatic carbocycles. The average Bonchev–Trinajstić information content (AvgIpc) is 3.33. The number of aliphatic hydroxyl groups excluding tert-OH is 1. The molecule has 2 saturated heterocycles. The molecule has 6 rings (SSSR count). The van der Waals surface area contributed by atoms with E-state index in [0.717, 1.165) is 44.6 Å². The number of hydrogen-bond acceptors (Lipinski definition) is 3. The summed E-state index contributed by atoms with van der Waals surface area (Å²) < 4.78 is 7.12. The molecule has 6 aliphatic rings. The third-order valence-corrected chi connectivity index (χ3v) is 11.6. The zero-order valence-corrected chi connectivity index (χ0v) is 22.0. The van der Waals surface area contributed by atoms with Crippen molar-refractivity contribution in [2.24, 2.45) is 35.0 Å². The van der Waals surface area contributed by atoms with E-state index in [9.17, 15) is 9.90 Å². The van der Waals surface area contributed by atoms with Crippen molar-refractivity contribution in [1.29, 1.82) is 0 Å². The highest BCUT2D eigenvalue weighted by molar-refractivity contribution is 5.76. The first kappa shape index (κ1) is 23.3. The molecule has 4 nitrogen and oxygen atoms in total. The van der Waals surface area contributed by atoms with E-state index in [2.05, 4.69) is 38.7 Å². The van der Waals surface area contributed by atoms with Crippen LogP contribution in [-0.4, -0.2) is 46.3 Å². The Balaban J connectivity index is 1.34. The molecule has 0 radical (unpaired) electrons. The summed E-state index contributed by atoms with van der Waals surface area (Å²) >= 11 is 0. The summed E-state index contributed by atoms with van der Waals surface area (Å²) in [5.74, 6) is 3.31. The quantitative estimate of drug-likeness (QED) is 0.507. The van der Waals surface area contributed by atoms with E-state index in [-0.39, 0.29) is 29.3 Å². The number of aliphatic hydroxyl groups is 1. The molecule has 34 heavy (non-hydrogen) atoms. The number of likely N-dealkylation sites (tertiary alicyclic amines) is 1. The highest BCUT2D eigenvalue weighted by Gasteiger charge is 2.62. The van der Waals surface area contributed by atoms with Gasteiger partial charge in [0, 0.05) is 18.9 Å². The minimum atomic E-state index is -0.190. The number of carbonyl (C=O) groups excluding carboxylic acids is 1. The average molecular weight is 468 g/mol. The monoisotopic (exact) mass is 467 g/mol.